The zero-order chi connectivity index (χ0) is 10.2. The third-order valence-corrected chi connectivity index (χ3v) is 2.68. The summed E-state index contributed by atoms with van der Waals surface area (Å²) < 4.78 is 5.14. The SMILES string of the molecule is N=CCCCOC(=O)C1CCCCC1. The summed E-state index contributed by atoms with van der Waals surface area (Å²) in [7, 11) is 0. The van der Waals surface area contributed by atoms with Crippen LogP contribution < -0.4 is 0 Å². The Labute approximate surface area is 85.3 Å². The van der Waals surface area contributed by atoms with Crippen molar-refractivity contribution >= 4 is 12.2 Å². The molecule has 0 saturated heterocycles. The van der Waals surface area contributed by atoms with Crippen LogP contribution in [0.25, 0.3) is 0 Å². The van der Waals surface area contributed by atoms with E-state index in [0.29, 0.717) is 13.0 Å². The number of hydrogen-bond donors (Lipinski definition) is 1. The van der Waals surface area contributed by atoms with Crippen LogP contribution in [0.15, 0.2) is 0 Å². The number of carbonyl (C=O) groups is 1. The smallest absolute Gasteiger partial charge is 0.308 e. The summed E-state index contributed by atoms with van der Waals surface area (Å²) in [6, 6.07) is 0. The predicted octanol–water partition coefficient (Wildman–Crippen LogP) is 2.54. The van der Waals surface area contributed by atoms with E-state index in [9.17, 15) is 4.79 Å². The van der Waals surface area contributed by atoms with Gasteiger partial charge < -0.3 is 10.1 Å². The van der Waals surface area contributed by atoms with Gasteiger partial charge in [-0.25, -0.2) is 0 Å². The van der Waals surface area contributed by atoms with Gasteiger partial charge >= 0.3 is 5.97 Å². The van der Waals surface area contributed by atoms with Crippen LogP contribution >= 0.6 is 0 Å². The standard InChI is InChI=1S/C11H19NO2/c12-8-4-5-9-14-11(13)10-6-2-1-3-7-10/h8,10,12H,1-7,9H2. The van der Waals surface area contributed by atoms with Crippen LogP contribution in [0.2, 0.25) is 0 Å². The van der Waals surface area contributed by atoms with Crippen molar-refractivity contribution in [2.45, 2.75) is 44.9 Å². The van der Waals surface area contributed by atoms with Crippen LogP contribution in [0.4, 0.5) is 0 Å². The fourth-order valence-electron chi connectivity index (χ4n) is 1.81. The molecular formula is C11H19NO2. The molecule has 0 heterocycles. The topological polar surface area (TPSA) is 50.1 Å². The Morgan fingerprint density at radius 3 is 2.71 bits per heavy atom. The number of carbonyl (C=O) groups excluding carboxylic acids is 1. The van der Waals surface area contributed by atoms with Gasteiger partial charge in [0.1, 0.15) is 0 Å². The number of rotatable bonds is 5. The van der Waals surface area contributed by atoms with Gasteiger partial charge in [-0.05, 0) is 31.9 Å². The second-order valence-electron chi connectivity index (χ2n) is 3.85. The van der Waals surface area contributed by atoms with E-state index in [4.69, 9.17) is 10.1 Å². The van der Waals surface area contributed by atoms with Gasteiger partial charge in [-0.2, -0.15) is 0 Å². The van der Waals surface area contributed by atoms with Crippen LogP contribution in [-0.2, 0) is 9.53 Å². The summed E-state index contributed by atoms with van der Waals surface area (Å²) in [5, 5.41) is 6.82. The molecule has 3 nitrogen and oxygen atoms in total. The Hall–Kier alpha value is -0.860. The summed E-state index contributed by atoms with van der Waals surface area (Å²) in [5.74, 6) is 0.137. The van der Waals surface area contributed by atoms with Crippen molar-refractivity contribution in [1.29, 1.82) is 5.41 Å². The Bertz CT molecular complexity index is 186. The molecule has 0 bridgehead atoms. The summed E-state index contributed by atoms with van der Waals surface area (Å²) in [4.78, 5) is 11.5. The van der Waals surface area contributed by atoms with Gasteiger partial charge in [-0.15, -0.1) is 0 Å². The zero-order valence-corrected chi connectivity index (χ0v) is 8.63. The monoisotopic (exact) mass is 197 g/mol. The Morgan fingerprint density at radius 1 is 1.36 bits per heavy atom. The molecule has 1 aliphatic rings. The second kappa shape index (κ2) is 6.57. The zero-order valence-electron chi connectivity index (χ0n) is 8.63. The van der Waals surface area contributed by atoms with Crippen molar-refractivity contribution in [3.63, 3.8) is 0 Å². The third kappa shape index (κ3) is 3.90. The van der Waals surface area contributed by atoms with Gasteiger partial charge in [0, 0.05) is 0 Å². The molecule has 1 N–H and O–H groups in total. The molecular weight excluding hydrogens is 178 g/mol. The maximum Gasteiger partial charge on any atom is 0.308 e. The Kier molecular flexibility index (Phi) is 5.27. The molecule has 0 radical (unpaired) electrons. The fraction of sp³-hybridized carbons (Fsp3) is 0.818. The number of ether oxygens (including phenoxy) is 1. The highest BCUT2D eigenvalue weighted by molar-refractivity contribution is 5.72. The van der Waals surface area contributed by atoms with Crippen molar-refractivity contribution in [3.05, 3.63) is 0 Å². The van der Waals surface area contributed by atoms with Crippen molar-refractivity contribution in [1.82, 2.24) is 0 Å². The normalized spacial score (nSPS) is 17.7. The first-order valence-corrected chi connectivity index (χ1v) is 5.50. The first kappa shape index (κ1) is 11.2. The molecule has 14 heavy (non-hydrogen) atoms. The fourth-order valence-corrected chi connectivity index (χ4v) is 1.81. The van der Waals surface area contributed by atoms with E-state index in [0.717, 1.165) is 19.3 Å². The van der Waals surface area contributed by atoms with E-state index in [1.807, 2.05) is 0 Å². The van der Waals surface area contributed by atoms with Gasteiger partial charge in [0.15, 0.2) is 0 Å². The third-order valence-electron chi connectivity index (χ3n) is 2.68. The summed E-state index contributed by atoms with van der Waals surface area (Å²) in [6.45, 7) is 0.477. The summed E-state index contributed by atoms with van der Waals surface area (Å²) >= 11 is 0. The van der Waals surface area contributed by atoms with Crippen molar-refractivity contribution < 1.29 is 9.53 Å². The van der Waals surface area contributed by atoms with E-state index in [2.05, 4.69) is 0 Å². The quantitative estimate of drug-likeness (QED) is 0.418. The highest BCUT2D eigenvalue weighted by Crippen LogP contribution is 2.24. The molecule has 3 heteroatoms. The molecule has 80 valence electrons. The van der Waals surface area contributed by atoms with Gasteiger partial charge in [0.2, 0.25) is 0 Å². The minimum atomic E-state index is -0.0188. The molecule has 0 aromatic carbocycles. The molecule has 1 rings (SSSR count). The van der Waals surface area contributed by atoms with Gasteiger partial charge in [-0.3, -0.25) is 4.79 Å². The van der Waals surface area contributed by atoms with E-state index < -0.39 is 0 Å². The first-order valence-electron chi connectivity index (χ1n) is 5.50. The summed E-state index contributed by atoms with van der Waals surface area (Å²) in [5.41, 5.74) is 0. The number of nitrogens with one attached hydrogen (secondary N) is 1. The second-order valence-corrected chi connectivity index (χ2v) is 3.85. The van der Waals surface area contributed by atoms with E-state index in [1.165, 1.54) is 25.5 Å². The molecule has 0 amide bonds. The largest absolute Gasteiger partial charge is 0.465 e. The van der Waals surface area contributed by atoms with E-state index in [1.54, 1.807) is 0 Å². The van der Waals surface area contributed by atoms with Crippen LogP contribution in [0.1, 0.15) is 44.9 Å². The molecule has 1 aliphatic carbocycles. The van der Waals surface area contributed by atoms with Gasteiger partial charge in [0.25, 0.3) is 0 Å². The molecule has 0 aromatic rings. The molecule has 0 unspecified atom stereocenters. The number of hydrogen-bond acceptors (Lipinski definition) is 3. The molecule has 0 aliphatic heterocycles. The van der Waals surface area contributed by atoms with Crippen molar-refractivity contribution in [2.24, 2.45) is 5.92 Å². The highest BCUT2D eigenvalue weighted by atomic mass is 16.5. The van der Waals surface area contributed by atoms with Gasteiger partial charge in [-0.1, -0.05) is 19.3 Å². The molecule has 0 atom stereocenters. The first-order chi connectivity index (χ1) is 6.84. The molecule has 1 saturated carbocycles. The minimum absolute atomic E-state index is 0.0188. The summed E-state index contributed by atoms with van der Waals surface area (Å²) in [6.07, 6.45) is 8.44. The highest BCUT2D eigenvalue weighted by Gasteiger charge is 2.21. The van der Waals surface area contributed by atoms with Gasteiger partial charge in [0.05, 0.1) is 12.5 Å². The van der Waals surface area contributed by atoms with E-state index >= 15 is 0 Å². The number of unbranched alkanes of at least 4 members (excludes halogenated alkanes) is 1. The lowest BCUT2D eigenvalue weighted by molar-refractivity contribution is -0.149. The average Bonchev–Trinajstić information content (AvgIpc) is 2.25. The van der Waals surface area contributed by atoms with E-state index in [-0.39, 0.29) is 11.9 Å². The predicted molar refractivity (Wildman–Crippen MR) is 55.6 cm³/mol. The minimum Gasteiger partial charge on any atom is -0.465 e. The van der Waals surface area contributed by atoms with Crippen molar-refractivity contribution in [2.75, 3.05) is 6.61 Å². The number of esters is 1. The molecule has 1 fully saturated rings. The van der Waals surface area contributed by atoms with Crippen LogP contribution in [0.3, 0.4) is 0 Å². The Morgan fingerprint density at radius 2 is 2.07 bits per heavy atom. The molecule has 0 aromatic heterocycles. The maximum atomic E-state index is 11.5. The molecule has 0 spiro atoms. The lowest BCUT2D eigenvalue weighted by Gasteiger charge is -2.19. The lowest BCUT2D eigenvalue weighted by atomic mass is 9.89. The average molecular weight is 197 g/mol. The van der Waals surface area contributed by atoms with Crippen LogP contribution in [0, 0.1) is 11.3 Å². The lowest BCUT2D eigenvalue weighted by Crippen LogP contribution is -2.20. The van der Waals surface area contributed by atoms with Crippen LogP contribution in [-0.4, -0.2) is 18.8 Å². The van der Waals surface area contributed by atoms with Crippen molar-refractivity contribution in [3.8, 4) is 0 Å². The van der Waals surface area contributed by atoms with Crippen LogP contribution in [0.5, 0.6) is 0 Å². The maximum absolute atomic E-state index is 11.5. The Balaban J connectivity index is 2.10.